The first kappa shape index (κ1) is 8.26. The van der Waals surface area contributed by atoms with Crippen LogP contribution in [0.15, 0.2) is 24.3 Å². The van der Waals surface area contributed by atoms with Gasteiger partial charge in [-0.2, -0.15) is 5.10 Å². The van der Waals surface area contributed by atoms with Crippen LogP contribution in [0, 0.1) is 0 Å². The average molecular weight is 176 g/mol. The van der Waals surface area contributed by atoms with E-state index < -0.39 is 6.10 Å². The summed E-state index contributed by atoms with van der Waals surface area (Å²) in [6.45, 7) is 1.73. The quantitative estimate of drug-likeness (QED) is 0.717. The monoisotopic (exact) mass is 176 g/mol. The first-order valence-electron chi connectivity index (χ1n) is 4.30. The van der Waals surface area contributed by atoms with Crippen molar-refractivity contribution in [2.75, 3.05) is 0 Å². The second kappa shape index (κ2) is 2.85. The molecule has 3 heteroatoms. The van der Waals surface area contributed by atoms with Gasteiger partial charge in [0.2, 0.25) is 0 Å². The van der Waals surface area contributed by atoms with Gasteiger partial charge in [-0.1, -0.05) is 18.2 Å². The molecule has 0 saturated carbocycles. The second-order valence-corrected chi connectivity index (χ2v) is 3.20. The molecule has 13 heavy (non-hydrogen) atoms. The molecule has 0 aliphatic carbocycles. The van der Waals surface area contributed by atoms with Crippen molar-refractivity contribution in [1.29, 1.82) is 0 Å². The third kappa shape index (κ3) is 1.21. The van der Waals surface area contributed by atoms with Crippen LogP contribution in [0.1, 0.15) is 18.7 Å². The lowest BCUT2D eigenvalue weighted by Crippen LogP contribution is -1.95. The van der Waals surface area contributed by atoms with Gasteiger partial charge in [-0.05, 0) is 13.0 Å². The Morgan fingerprint density at radius 3 is 2.77 bits per heavy atom. The summed E-state index contributed by atoms with van der Waals surface area (Å²) >= 11 is 0. The largest absolute Gasteiger partial charge is 0.387 e. The number of aromatic nitrogens is 2. The molecule has 2 rings (SSSR count). The van der Waals surface area contributed by atoms with Crippen LogP contribution in [-0.4, -0.2) is 14.9 Å². The number of rotatable bonds is 1. The van der Waals surface area contributed by atoms with Gasteiger partial charge in [0.1, 0.15) is 0 Å². The van der Waals surface area contributed by atoms with Gasteiger partial charge in [-0.15, -0.1) is 0 Å². The van der Waals surface area contributed by atoms with Crippen molar-refractivity contribution in [3.8, 4) is 0 Å². The minimum absolute atomic E-state index is 0.508. The van der Waals surface area contributed by atoms with Crippen LogP contribution >= 0.6 is 0 Å². The van der Waals surface area contributed by atoms with Crippen molar-refractivity contribution in [3.05, 3.63) is 30.0 Å². The summed E-state index contributed by atoms with van der Waals surface area (Å²) < 4.78 is 1.79. The van der Waals surface area contributed by atoms with Crippen molar-refractivity contribution in [3.63, 3.8) is 0 Å². The third-order valence-electron chi connectivity index (χ3n) is 2.18. The predicted molar refractivity (Wildman–Crippen MR) is 51.3 cm³/mol. The van der Waals surface area contributed by atoms with Crippen LogP contribution in [0.3, 0.4) is 0 Å². The zero-order valence-electron chi connectivity index (χ0n) is 7.73. The van der Waals surface area contributed by atoms with E-state index >= 15 is 0 Å². The maximum atomic E-state index is 9.46. The highest BCUT2D eigenvalue weighted by atomic mass is 16.3. The van der Waals surface area contributed by atoms with Crippen LogP contribution in [0.4, 0.5) is 0 Å². The highest BCUT2D eigenvalue weighted by molar-refractivity contribution is 5.82. The molecule has 3 nitrogen and oxygen atoms in total. The lowest BCUT2D eigenvalue weighted by Gasteiger charge is -1.97. The van der Waals surface area contributed by atoms with E-state index in [9.17, 15) is 5.11 Å². The normalized spacial score (nSPS) is 13.5. The average Bonchev–Trinajstić information content (AvgIpc) is 2.45. The number of hydrogen-bond acceptors (Lipinski definition) is 2. The Hall–Kier alpha value is -1.35. The molecule has 0 aliphatic heterocycles. The van der Waals surface area contributed by atoms with E-state index in [-0.39, 0.29) is 0 Å². The Balaban J connectivity index is 2.78. The van der Waals surface area contributed by atoms with Crippen molar-refractivity contribution in [2.45, 2.75) is 13.0 Å². The standard InChI is InChI=1S/C10H12N2O/c1-7(13)10-8-5-3-4-6-9(8)12(2)11-10/h3-7,13H,1-2H3/t7-/m1/s1. The molecule has 0 bridgehead atoms. The Labute approximate surface area is 76.6 Å². The molecule has 1 aromatic carbocycles. The van der Waals surface area contributed by atoms with Crippen molar-refractivity contribution < 1.29 is 5.11 Å². The Morgan fingerprint density at radius 2 is 2.08 bits per heavy atom. The number of fused-ring (bicyclic) bond motifs is 1. The summed E-state index contributed by atoms with van der Waals surface area (Å²) in [7, 11) is 1.88. The first-order valence-corrected chi connectivity index (χ1v) is 4.30. The van der Waals surface area contributed by atoms with E-state index in [1.54, 1.807) is 11.6 Å². The van der Waals surface area contributed by atoms with Crippen LogP contribution < -0.4 is 0 Å². The van der Waals surface area contributed by atoms with Crippen LogP contribution in [-0.2, 0) is 7.05 Å². The molecule has 0 saturated heterocycles. The van der Waals surface area contributed by atoms with Gasteiger partial charge >= 0.3 is 0 Å². The van der Waals surface area contributed by atoms with E-state index in [0.29, 0.717) is 0 Å². The van der Waals surface area contributed by atoms with Gasteiger partial charge < -0.3 is 5.11 Å². The zero-order chi connectivity index (χ0) is 9.42. The number of aryl methyl sites for hydroxylation is 1. The first-order chi connectivity index (χ1) is 6.20. The lowest BCUT2D eigenvalue weighted by molar-refractivity contribution is 0.195. The van der Waals surface area contributed by atoms with Crippen LogP contribution in [0.5, 0.6) is 0 Å². The van der Waals surface area contributed by atoms with Crippen molar-refractivity contribution in [1.82, 2.24) is 9.78 Å². The molecule has 0 unspecified atom stereocenters. The molecule has 1 N–H and O–H groups in total. The summed E-state index contributed by atoms with van der Waals surface area (Å²) in [5.74, 6) is 0. The molecule has 1 aromatic heterocycles. The van der Waals surface area contributed by atoms with E-state index in [1.807, 2.05) is 31.3 Å². The predicted octanol–water partition coefficient (Wildman–Crippen LogP) is 1.63. The van der Waals surface area contributed by atoms with E-state index in [0.717, 1.165) is 16.6 Å². The summed E-state index contributed by atoms with van der Waals surface area (Å²) in [4.78, 5) is 0. The lowest BCUT2D eigenvalue weighted by atomic mass is 10.1. The number of benzene rings is 1. The minimum Gasteiger partial charge on any atom is -0.387 e. The molecule has 0 amide bonds. The van der Waals surface area contributed by atoms with Gasteiger partial charge in [0.15, 0.2) is 0 Å². The fraction of sp³-hybridized carbons (Fsp3) is 0.300. The fourth-order valence-corrected chi connectivity index (χ4v) is 1.55. The van der Waals surface area contributed by atoms with Crippen LogP contribution in [0.2, 0.25) is 0 Å². The molecule has 1 atom stereocenters. The number of aliphatic hydroxyl groups is 1. The maximum Gasteiger partial charge on any atom is 0.0985 e. The maximum absolute atomic E-state index is 9.46. The van der Waals surface area contributed by atoms with Gasteiger partial charge in [-0.25, -0.2) is 0 Å². The SMILES string of the molecule is C[C@@H](O)c1nn(C)c2ccccc12. The Morgan fingerprint density at radius 1 is 1.38 bits per heavy atom. The number of hydrogen-bond donors (Lipinski definition) is 1. The molecule has 2 aromatic rings. The van der Waals surface area contributed by atoms with Crippen LogP contribution in [0.25, 0.3) is 10.9 Å². The molecule has 0 radical (unpaired) electrons. The topological polar surface area (TPSA) is 38.1 Å². The Bertz CT molecular complexity index is 431. The smallest absolute Gasteiger partial charge is 0.0985 e. The molecule has 0 spiro atoms. The molecular weight excluding hydrogens is 164 g/mol. The Kier molecular flexibility index (Phi) is 1.81. The molecule has 68 valence electrons. The van der Waals surface area contributed by atoms with Crippen molar-refractivity contribution >= 4 is 10.9 Å². The highest BCUT2D eigenvalue weighted by Crippen LogP contribution is 2.22. The number of nitrogens with zero attached hydrogens (tertiary/aromatic N) is 2. The fourth-order valence-electron chi connectivity index (χ4n) is 1.55. The molecule has 0 fully saturated rings. The summed E-state index contributed by atoms with van der Waals surface area (Å²) in [6, 6.07) is 7.89. The van der Waals surface area contributed by atoms with E-state index in [1.165, 1.54) is 0 Å². The summed E-state index contributed by atoms with van der Waals surface area (Å²) in [6.07, 6.45) is -0.508. The third-order valence-corrected chi connectivity index (χ3v) is 2.18. The minimum atomic E-state index is -0.508. The van der Waals surface area contributed by atoms with E-state index in [2.05, 4.69) is 5.10 Å². The van der Waals surface area contributed by atoms with E-state index in [4.69, 9.17) is 0 Å². The van der Waals surface area contributed by atoms with Gasteiger partial charge in [-0.3, -0.25) is 4.68 Å². The number of aliphatic hydroxyl groups excluding tert-OH is 1. The summed E-state index contributed by atoms with van der Waals surface area (Å²) in [5, 5.41) is 14.7. The van der Waals surface area contributed by atoms with Gasteiger partial charge in [0, 0.05) is 12.4 Å². The van der Waals surface area contributed by atoms with Crippen molar-refractivity contribution in [2.24, 2.45) is 7.05 Å². The van der Waals surface area contributed by atoms with Gasteiger partial charge in [0.25, 0.3) is 0 Å². The van der Waals surface area contributed by atoms with Gasteiger partial charge in [0.05, 0.1) is 17.3 Å². The number of para-hydroxylation sites is 1. The molecule has 0 aliphatic rings. The molecular formula is C10H12N2O. The zero-order valence-corrected chi connectivity index (χ0v) is 7.73. The summed E-state index contributed by atoms with van der Waals surface area (Å²) in [5.41, 5.74) is 1.80. The molecule has 1 heterocycles. The highest BCUT2D eigenvalue weighted by Gasteiger charge is 2.11. The second-order valence-electron chi connectivity index (χ2n) is 3.20.